The minimum absolute atomic E-state index is 0.0139. The zero-order valence-corrected chi connectivity index (χ0v) is 17.3. The number of sulfonamides is 1. The number of carbonyl (C=O) groups excluding carboxylic acids is 1. The van der Waals surface area contributed by atoms with E-state index < -0.39 is 20.9 Å². The number of nitrogens with one attached hydrogen (secondary N) is 2. The van der Waals surface area contributed by atoms with Gasteiger partial charge in [-0.15, -0.1) is 0 Å². The van der Waals surface area contributed by atoms with Gasteiger partial charge in [0.1, 0.15) is 5.75 Å². The fourth-order valence-electron chi connectivity index (χ4n) is 2.81. The highest BCUT2D eigenvalue weighted by Crippen LogP contribution is 2.22. The van der Waals surface area contributed by atoms with Crippen molar-refractivity contribution in [1.29, 1.82) is 0 Å². The number of methoxy groups -OCH3 is 1. The van der Waals surface area contributed by atoms with Crippen LogP contribution in [-0.4, -0.2) is 26.4 Å². The summed E-state index contributed by atoms with van der Waals surface area (Å²) in [6.07, 6.45) is -0.184. The Labute approximate surface area is 178 Å². The van der Waals surface area contributed by atoms with Crippen LogP contribution >= 0.6 is 0 Å². The first kappa shape index (κ1) is 21.8. The molecule has 0 unspecified atom stereocenters. The Morgan fingerprint density at radius 2 is 1.58 bits per heavy atom. The largest absolute Gasteiger partial charge is 0.497 e. The molecule has 0 aliphatic heterocycles. The number of rotatable bonds is 8. The number of para-hydroxylation sites is 1. The summed E-state index contributed by atoms with van der Waals surface area (Å²) >= 11 is 0. The van der Waals surface area contributed by atoms with Crippen LogP contribution in [0.15, 0.2) is 77.7 Å². The van der Waals surface area contributed by atoms with Gasteiger partial charge in [0.05, 0.1) is 23.3 Å². The molecule has 0 saturated heterocycles. The second kappa shape index (κ2) is 9.26. The molecule has 0 saturated carbocycles. The lowest BCUT2D eigenvalue weighted by Crippen LogP contribution is -2.16. The molecule has 10 heteroatoms. The fourth-order valence-corrected chi connectivity index (χ4v) is 3.87. The molecule has 0 radical (unpaired) electrons. The second-order valence-corrected chi connectivity index (χ2v) is 8.15. The number of anilines is 2. The number of nitrogens with zero attached hydrogens (tertiary/aromatic N) is 1. The van der Waals surface area contributed by atoms with Gasteiger partial charge in [-0.2, -0.15) is 0 Å². The number of nitro benzene ring substituents is 1. The lowest BCUT2D eigenvalue weighted by atomic mass is 10.1. The summed E-state index contributed by atoms with van der Waals surface area (Å²) < 4.78 is 32.6. The maximum absolute atomic E-state index is 12.5. The number of ether oxygens (including phenoxy) is 1. The molecule has 3 rings (SSSR count). The highest BCUT2D eigenvalue weighted by atomic mass is 32.2. The maximum Gasteiger partial charge on any atom is 0.273 e. The standard InChI is InChI=1S/C21H19N3O6S/c1-30-18-10-6-17(7-11-18)23-31(28,29)19-12-8-16(9-13-19)22-21(25)14-15-4-2-3-5-20(15)24(26)27/h2-13,23H,14H2,1H3,(H,22,25). The van der Waals surface area contributed by atoms with Gasteiger partial charge in [-0.1, -0.05) is 18.2 Å². The third kappa shape index (κ3) is 5.58. The maximum atomic E-state index is 12.5. The molecule has 0 heterocycles. The van der Waals surface area contributed by atoms with E-state index in [0.717, 1.165) is 0 Å². The average molecular weight is 441 g/mol. The van der Waals surface area contributed by atoms with Crippen LogP contribution in [-0.2, 0) is 21.2 Å². The molecule has 31 heavy (non-hydrogen) atoms. The first-order valence-corrected chi connectivity index (χ1v) is 10.6. The van der Waals surface area contributed by atoms with E-state index in [1.54, 1.807) is 30.3 Å². The van der Waals surface area contributed by atoms with Gasteiger partial charge in [0.15, 0.2) is 0 Å². The molecule has 9 nitrogen and oxygen atoms in total. The summed E-state index contributed by atoms with van der Waals surface area (Å²) in [6, 6.07) is 18.0. The van der Waals surface area contributed by atoms with Crippen molar-refractivity contribution in [3.05, 3.63) is 88.5 Å². The molecular weight excluding hydrogens is 422 g/mol. The van der Waals surface area contributed by atoms with Gasteiger partial charge in [0.2, 0.25) is 5.91 Å². The first-order chi connectivity index (χ1) is 14.8. The summed E-state index contributed by atoms with van der Waals surface area (Å²) in [4.78, 5) is 22.8. The summed E-state index contributed by atoms with van der Waals surface area (Å²) in [5.41, 5.74) is 0.895. The molecule has 0 bridgehead atoms. The van der Waals surface area contributed by atoms with Crippen LogP contribution < -0.4 is 14.8 Å². The molecule has 0 fully saturated rings. The number of carbonyl (C=O) groups is 1. The normalized spacial score (nSPS) is 10.9. The van der Waals surface area contributed by atoms with Gasteiger partial charge >= 0.3 is 0 Å². The smallest absolute Gasteiger partial charge is 0.273 e. The molecule has 3 aromatic rings. The van der Waals surface area contributed by atoms with Gasteiger partial charge in [-0.05, 0) is 48.5 Å². The second-order valence-electron chi connectivity index (χ2n) is 6.47. The summed E-state index contributed by atoms with van der Waals surface area (Å²) in [5.74, 6) is 0.144. The summed E-state index contributed by atoms with van der Waals surface area (Å²) in [6.45, 7) is 0. The van der Waals surface area contributed by atoms with Crippen molar-refractivity contribution in [3.8, 4) is 5.75 Å². The Balaban J connectivity index is 1.66. The molecule has 160 valence electrons. The predicted octanol–water partition coefficient (Wildman–Crippen LogP) is 3.59. The number of amides is 1. The fraction of sp³-hybridized carbons (Fsp3) is 0.0952. The highest BCUT2D eigenvalue weighted by molar-refractivity contribution is 7.92. The summed E-state index contributed by atoms with van der Waals surface area (Å²) in [7, 11) is -2.31. The van der Waals surface area contributed by atoms with Crippen molar-refractivity contribution >= 4 is 33.0 Å². The molecule has 3 aromatic carbocycles. The SMILES string of the molecule is COc1ccc(NS(=O)(=O)c2ccc(NC(=O)Cc3ccccc3[N+](=O)[O-])cc2)cc1. The van der Waals surface area contributed by atoms with Crippen LogP contribution in [0.4, 0.5) is 17.1 Å². The highest BCUT2D eigenvalue weighted by Gasteiger charge is 2.17. The van der Waals surface area contributed by atoms with Crippen LogP contribution in [0.2, 0.25) is 0 Å². The number of hydrogen-bond donors (Lipinski definition) is 2. The van der Waals surface area contributed by atoms with Gasteiger partial charge in [-0.3, -0.25) is 19.6 Å². The molecule has 0 aromatic heterocycles. The van der Waals surface area contributed by atoms with Gasteiger partial charge in [0.25, 0.3) is 15.7 Å². The third-order valence-corrected chi connectivity index (χ3v) is 5.73. The molecule has 0 aliphatic carbocycles. The van der Waals surface area contributed by atoms with Gasteiger partial charge in [-0.25, -0.2) is 8.42 Å². The zero-order valence-electron chi connectivity index (χ0n) is 16.4. The number of nitro groups is 1. The quantitative estimate of drug-likeness (QED) is 0.406. The Kier molecular flexibility index (Phi) is 6.51. The van der Waals surface area contributed by atoms with E-state index in [2.05, 4.69) is 10.0 Å². The van der Waals surface area contributed by atoms with Crippen LogP contribution in [0.3, 0.4) is 0 Å². The van der Waals surface area contributed by atoms with Crippen molar-refractivity contribution in [1.82, 2.24) is 0 Å². The average Bonchev–Trinajstić information content (AvgIpc) is 2.74. The summed E-state index contributed by atoms with van der Waals surface area (Å²) in [5, 5.41) is 13.7. The molecule has 1 amide bonds. The van der Waals surface area contributed by atoms with E-state index in [1.165, 1.54) is 49.6 Å². The minimum Gasteiger partial charge on any atom is -0.497 e. The van der Waals surface area contributed by atoms with Crippen LogP contribution in [0.5, 0.6) is 5.75 Å². The van der Waals surface area contributed by atoms with Crippen molar-refractivity contribution in [2.24, 2.45) is 0 Å². The third-order valence-electron chi connectivity index (χ3n) is 4.33. The van der Waals surface area contributed by atoms with Crippen LogP contribution in [0, 0.1) is 10.1 Å². The Hall–Kier alpha value is -3.92. The van der Waals surface area contributed by atoms with E-state index in [0.29, 0.717) is 17.1 Å². The zero-order chi connectivity index (χ0) is 22.4. The van der Waals surface area contributed by atoms with Crippen LogP contribution in [0.25, 0.3) is 0 Å². The molecule has 0 spiro atoms. The monoisotopic (exact) mass is 441 g/mol. The Bertz CT molecular complexity index is 1190. The van der Waals surface area contributed by atoms with E-state index >= 15 is 0 Å². The molecular formula is C21H19N3O6S. The predicted molar refractivity (Wildman–Crippen MR) is 116 cm³/mol. The van der Waals surface area contributed by atoms with Crippen molar-refractivity contribution in [2.75, 3.05) is 17.1 Å². The van der Waals surface area contributed by atoms with E-state index in [9.17, 15) is 23.3 Å². The molecule has 0 atom stereocenters. The van der Waals surface area contributed by atoms with Gasteiger partial charge in [0, 0.05) is 23.0 Å². The van der Waals surface area contributed by atoms with E-state index in [4.69, 9.17) is 4.74 Å². The Morgan fingerprint density at radius 3 is 2.19 bits per heavy atom. The number of hydrogen-bond acceptors (Lipinski definition) is 6. The van der Waals surface area contributed by atoms with Gasteiger partial charge < -0.3 is 10.1 Å². The number of benzene rings is 3. The lowest BCUT2D eigenvalue weighted by molar-refractivity contribution is -0.385. The molecule has 0 aliphatic rings. The van der Waals surface area contributed by atoms with E-state index in [-0.39, 0.29) is 22.6 Å². The van der Waals surface area contributed by atoms with E-state index in [1.807, 2.05) is 0 Å². The lowest BCUT2D eigenvalue weighted by Gasteiger charge is -2.10. The van der Waals surface area contributed by atoms with Crippen LogP contribution in [0.1, 0.15) is 5.56 Å². The van der Waals surface area contributed by atoms with Crippen molar-refractivity contribution in [2.45, 2.75) is 11.3 Å². The Morgan fingerprint density at radius 1 is 0.968 bits per heavy atom. The minimum atomic E-state index is -3.82. The topological polar surface area (TPSA) is 128 Å². The molecule has 2 N–H and O–H groups in total. The van der Waals surface area contributed by atoms with Crippen molar-refractivity contribution < 1.29 is 22.9 Å². The van der Waals surface area contributed by atoms with Crippen molar-refractivity contribution in [3.63, 3.8) is 0 Å². The first-order valence-electron chi connectivity index (χ1n) is 9.07.